The summed E-state index contributed by atoms with van der Waals surface area (Å²) >= 11 is 3.14. The minimum absolute atomic E-state index is 0.155. The molecule has 1 N–H and O–H groups in total. The van der Waals surface area contributed by atoms with E-state index in [9.17, 15) is 9.90 Å². The minimum Gasteiger partial charge on any atom is -0.490 e. The maximum Gasteiger partial charge on any atom is 0.339 e. The van der Waals surface area contributed by atoms with Crippen LogP contribution in [-0.4, -0.2) is 34.2 Å². The molecule has 6 nitrogen and oxygen atoms in total. The fourth-order valence-corrected chi connectivity index (χ4v) is 5.80. The third kappa shape index (κ3) is 5.23. The molecule has 1 fully saturated rings. The van der Waals surface area contributed by atoms with Gasteiger partial charge in [-0.25, -0.2) is 14.8 Å². The van der Waals surface area contributed by atoms with Crippen LogP contribution in [0.4, 0.5) is 10.9 Å². The molecular formula is C27H27N3O3S2. The van der Waals surface area contributed by atoms with Gasteiger partial charge < -0.3 is 14.7 Å². The molecule has 1 aliphatic rings. The largest absolute Gasteiger partial charge is 0.490 e. The van der Waals surface area contributed by atoms with Gasteiger partial charge in [0.15, 0.2) is 5.13 Å². The van der Waals surface area contributed by atoms with Crippen LogP contribution in [0.15, 0.2) is 54.0 Å². The molecule has 0 amide bonds. The van der Waals surface area contributed by atoms with Crippen molar-refractivity contribution in [3.63, 3.8) is 0 Å². The van der Waals surface area contributed by atoms with Gasteiger partial charge >= 0.3 is 5.97 Å². The molecule has 3 aromatic heterocycles. The molecule has 1 aliphatic carbocycles. The van der Waals surface area contributed by atoms with Crippen LogP contribution >= 0.6 is 22.7 Å². The molecule has 180 valence electrons. The van der Waals surface area contributed by atoms with Gasteiger partial charge in [0.1, 0.15) is 17.1 Å². The van der Waals surface area contributed by atoms with E-state index in [-0.39, 0.29) is 5.56 Å². The molecule has 3 heterocycles. The van der Waals surface area contributed by atoms with Crippen molar-refractivity contribution in [2.75, 3.05) is 11.9 Å². The van der Waals surface area contributed by atoms with Crippen LogP contribution in [0, 0.1) is 5.92 Å². The standard InChI is InChI=1S/C27H27N3O3S2/c1-16(2)13-23-24(17-6-8-19(9-7-17)33-20-10-11-20)29-27(35-23)30(3)25-21(26(31)32)14-18(15-28-25)22-5-4-12-34-22/h4-9,12,14-16,20H,10-11,13H2,1-3H3,(H,31,32). The molecule has 0 saturated heterocycles. The summed E-state index contributed by atoms with van der Waals surface area (Å²) in [5.41, 5.74) is 2.90. The number of aromatic carboxylic acids is 1. The Morgan fingerprint density at radius 2 is 1.97 bits per heavy atom. The van der Waals surface area contributed by atoms with Crippen molar-refractivity contribution in [2.45, 2.75) is 39.2 Å². The van der Waals surface area contributed by atoms with Gasteiger partial charge in [0.25, 0.3) is 0 Å². The van der Waals surface area contributed by atoms with Crippen LogP contribution in [0.25, 0.3) is 21.7 Å². The number of hydrogen-bond donors (Lipinski definition) is 1. The van der Waals surface area contributed by atoms with E-state index in [2.05, 4.69) is 31.0 Å². The van der Waals surface area contributed by atoms with Gasteiger partial charge in [0.2, 0.25) is 0 Å². The van der Waals surface area contributed by atoms with Gasteiger partial charge in [-0.1, -0.05) is 19.9 Å². The maximum atomic E-state index is 12.1. The number of pyridine rings is 1. The number of anilines is 2. The maximum absolute atomic E-state index is 12.1. The number of rotatable bonds is 9. The summed E-state index contributed by atoms with van der Waals surface area (Å²) in [4.78, 5) is 25.6. The Kier molecular flexibility index (Phi) is 6.58. The highest BCUT2D eigenvalue weighted by Gasteiger charge is 2.24. The van der Waals surface area contributed by atoms with E-state index in [1.165, 1.54) is 4.88 Å². The Labute approximate surface area is 212 Å². The molecule has 0 unspecified atom stereocenters. The Morgan fingerprint density at radius 3 is 2.60 bits per heavy atom. The van der Waals surface area contributed by atoms with E-state index >= 15 is 0 Å². The number of benzene rings is 1. The molecule has 0 bridgehead atoms. The molecule has 0 atom stereocenters. The SMILES string of the molecule is CC(C)Cc1sc(N(C)c2ncc(-c3cccs3)cc2C(=O)O)nc1-c1ccc(OC2CC2)cc1. The Balaban J connectivity index is 1.49. The first-order valence-electron chi connectivity index (χ1n) is 11.7. The first-order valence-corrected chi connectivity index (χ1v) is 13.4. The van der Waals surface area contributed by atoms with E-state index in [4.69, 9.17) is 9.72 Å². The van der Waals surface area contributed by atoms with E-state index in [1.54, 1.807) is 39.8 Å². The number of thiazole rings is 1. The zero-order chi connectivity index (χ0) is 24.5. The van der Waals surface area contributed by atoms with Crippen LogP contribution in [0.5, 0.6) is 5.75 Å². The zero-order valence-corrected chi connectivity index (χ0v) is 21.5. The highest BCUT2D eigenvalue weighted by atomic mass is 32.1. The number of thiophene rings is 1. The van der Waals surface area contributed by atoms with Gasteiger partial charge in [0, 0.05) is 34.1 Å². The second-order valence-electron chi connectivity index (χ2n) is 9.14. The van der Waals surface area contributed by atoms with E-state index in [0.29, 0.717) is 23.0 Å². The summed E-state index contributed by atoms with van der Waals surface area (Å²) in [7, 11) is 1.83. The molecule has 0 radical (unpaired) electrons. The number of carboxylic acid groups (broad SMARTS) is 1. The first kappa shape index (κ1) is 23.5. The normalized spacial score (nSPS) is 13.3. The highest BCUT2D eigenvalue weighted by Crippen LogP contribution is 2.39. The lowest BCUT2D eigenvalue weighted by atomic mass is 10.0. The molecule has 5 rings (SSSR count). The van der Waals surface area contributed by atoms with Crippen molar-refractivity contribution in [2.24, 2.45) is 5.92 Å². The lowest BCUT2D eigenvalue weighted by Gasteiger charge is -2.17. The van der Waals surface area contributed by atoms with Crippen LogP contribution in [0.3, 0.4) is 0 Å². The van der Waals surface area contributed by atoms with E-state index in [0.717, 1.165) is 46.7 Å². The number of aromatic nitrogens is 2. The highest BCUT2D eigenvalue weighted by molar-refractivity contribution is 7.16. The van der Waals surface area contributed by atoms with Gasteiger partial charge in [0.05, 0.1) is 11.8 Å². The number of carboxylic acids is 1. The lowest BCUT2D eigenvalue weighted by molar-refractivity contribution is 0.0697. The molecular weight excluding hydrogens is 478 g/mol. The Morgan fingerprint density at radius 1 is 1.20 bits per heavy atom. The third-order valence-corrected chi connectivity index (χ3v) is 7.82. The number of hydrogen-bond acceptors (Lipinski definition) is 7. The summed E-state index contributed by atoms with van der Waals surface area (Å²) in [6.45, 7) is 4.37. The van der Waals surface area contributed by atoms with Crippen molar-refractivity contribution in [1.29, 1.82) is 0 Å². The van der Waals surface area contributed by atoms with Gasteiger partial charge in [-0.3, -0.25) is 0 Å². The van der Waals surface area contributed by atoms with E-state index < -0.39 is 5.97 Å². The second kappa shape index (κ2) is 9.79. The summed E-state index contributed by atoms with van der Waals surface area (Å²) in [5.74, 6) is 0.712. The van der Waals surface area contributed by atoms with Crippen molar-refractivity contribution >= 4 is 39.6 Å². The molecule has 35 heavy (non-hydrogen) atoms. The number of carbonyl (C=O) groups is 1. The monoisotopic (exact) mass is 505 g/mol. The van der Waals surface area contributed by atoms with Crippen molar-refractivity contribution in [3.05, 3.63) is 64.5 Å². The van der Waals surface area contributed by atoms with Gasteiger partial charge in [-0.2, -0.15) is 0 Å². The van der Waals surface area contributed by atoms with Crippen molar-refractivity contribution in [1.82, 2.24) is 9.97 Å². The van der Waals surface area contributed by atoms with Crippen molar-refractivity contribution in [3.8, 4) is 27.4 Å². The van der Waals surface area contributed by atoms with Gasteiger partial charge in [-0.05, 0) is 67.0 Å². The quantitative estimate of drug-likeness (QED) is 0.261. The first-order chi connectivity index (χ1) is 16.9. The third-order valence-electron chi connectivity index (χ3n) is 5.74. The predicted octanol–water partition coefficient (Wildman–Crippen LogP) is 7.14. The average molecular weight is 506 g/mol. The molecule has 1 saturated carbocycles. The summed E-state index contributed by atoms with van der Waals surface area (Å²) < 4.78 is 5.90. The second-order valence-corrected chi connectivity index (χ2v) is 11.2. The summed E-state index contributed by atoms with van der Waals surface area (Å²) in [6.07, 6.45) is 5.23. The van der Waals surface area contributed by atoms with Crippen LogP contribution in [0.1, 0.15) is 41.9 Å². The topological polar surface area (TPSA) is 75.6 Å². The lowest BCUT2D eigenvalue weighted by Crippen LogP contribution is -2.15. The van der Waals surface area contributed by atoms with Crippen LogP contribution in [-0.2, 0) is 6.42 Å². The molecule has 0 spiro atoms. The van der Waals surface area contributed by atoms with Crippen LogP contribution in [0.2, 0.25) is 0 Å². The smallest absolute Gasteiger partial charge is 0.339 e. The Bertz CT molecular complexity index is 1330. The Hall–Kier alpha value is -3.23. The van der Waals surface area contributed by atoms with Crippen molar-refractivity contribution < 1.29 is 14.6 Å². The fraction of sp³-hybridized carbons (Fsp3) is 0.296. The number of nitrogens with zero attached hydrogens (tertiary/aromatic N) is 3. The predicted molar refractivity (Wildman–Crippen MR) is 142 cm³/mol. The summed E-state index contributed by atoms with van der Waals surface area (Å²) in [6, 6.07) is 13.7. The minimum atomic E-state index is -1.01. The average Bonchev–Trinajstić information content (AvgIpc) is 3.31. The molecule has 8 heteroatoms. The van der Waals surface area contributed by atoms with Crippen LogP contribution < -0.4 is 9.64 Å². The number of ether oxygens (including phenoxy) is 1. The zero-order valence-electron chi connectivity index (χ0n) is 19.9. The summed E-state index contributed by atoms with van der Waals surface area (Å²) in [5, 5.41) is 12.6. The molecule has 0 aliphatic heterocycles. The fourth-order valence-electron chi connectivity index (χ4n) is 3.84. The molecule has 1 aromatic carbocycles. The molecule has 4 aromatic rings. The van der Waals surface area contributed by atoms with E-state index in [1.807, 2.05) is 36.7 Å². The van der Waals surface area contributed by atoms with Gasteiger partial charge in [-0.15, -0.1) is 22.7 Å².